The standard InChI is InChI=1S/C14H13BrFNO3S/c1-9-5-13(16)12(15)7-14(9)17-21(19,20)11-4-2-3-10(6-11)8-18/h2-7,17-18H,8H2,1H3. The van der Waals surface area contributed by atoms with Crippen molar-refractivity contribution in [2.45, 2.75) is 18.4 Å². The Balaban J connectivity index is 2.39. The van der Waals surface area contributed by atoms with Crippen molar-refractivity contribution in [3.05, 3.63) is 57.8 Å². The van der Waals surface area contributed by atoms with Gasteiger partial charge in [0.05, 0.1) is 21.7 Å². The van der Waals surface area contributed by atoms with E-state index in [1.165, 1.54) is 24.3 Å². The van der Waals surface area contributed by atoms with Gasteiger partial charge in [-0.2, -0.15) is 0 Å². The van der Waals surface area contributed by atoms with E-state index in [4.69, 9.17) is 5.11 Å². The number of rotatable bonds is 4. The van der Waals surface area contributed by atoms with Crippen LogP contribution in [0.4, 0.5) is 10.1 Å². The van der Waals surface area contributed by atoms with Gasteiger partial charge in [0, 0.05) is 0 Å². The van der Waals surface area contributed by atoms with Crippen LogP contribution in [0.3, 0.4) is 0 Å². The molecule has 112 valence electrons. The maximum absolute atomic E-state index is 13.4. The second kappa shape index (κ2) is 6.13. The smallest absolute Gasteiger partial charge is 0.261 e. The van der Waals surface area contributed by atoms with Gasteiger partial charge in [-0.25, -0.2) is 12.8 Å². The molecule has 0 amide bonds. The van der Waals surface area contributed by atoms with Crippen LogP contribution in [0.5, 0.6) is 0 Å². The lowest BCUT2D eigenvalue weighted by molar-refractivity contribution is 0.281. The molecule has 2 rings (SSSR count). The maximum atomic E-state index is 13.4. The zero-order valence-corrected chi connectivity index (χ0v) is 13.5. The normalized spacial score (nSPS) is 11.4. The van der Waals surface area contributed by atoms with Crippen LogP contribution in [0.2, 0.25) is 0 Å². The SMILES string of the molecule is Cc1cc(F)c(Br)cc1NS(=O)(=O)c1cccc(CO)c1. The minimum Gasteiger partial charge on any atom is -0.392 e. The van der Waals surface area contributed by atoms with E-state index in [1.54, 1.807) is 19.1 Å². The summed E-state index contributed by atoms with van der Waals surface area (Å²) in [6.07, 6.45) is 0. The molecule has 4 nitrogen and oxygen atoms in total. The first kappa shape index (κ1) is 15.9. The quantitative estimate of drug-likeness (QED) is 0.864. The molecule has 21 heavy (non-hydrogen) atoms. The average molecular weight is 374 g/mol. The highest BCUT2D eigenvalue weighted by Gasteiger charge is 2.16. The Morgan fingerprint density at radius 2 is 2.00 bits per heavy atom. The Kier molecular flexibility index (Phi) is 4.65. The molecule has 0 aliphatic heterocycles. The molecular weight excluding hydrogens is 361 g/mol. The van der Waals surface area contributed by atoms with Crippen molar-refractivity contribution in [1.82, 2.24) is 0 Å². The fourth-order valence-corrected chi connectivity index (χ4v) is 3.31. The Labute approximate surface area is 130 Å². The van der Waals surface area contributed by atoms with Gasteiger partial charge in [0.1, 0.15) is 5.82 Å². The van der Waals surface area contributed by atoms with E-state index in [0.717, 1.165) is 0 Å². The first-order chi connectivity index (χ1) is 9.83. The van der Waals surface area contributed by atoms with Gasteiger partial charge in [0.15, 0.2) is 0 Å². The number of hydrogen-bond acceptors (Lipinski definition) is 3. The highest BCUT2D eigenvalue weighted by atomic mass is 79.9. The van der Waals surface area contributed by atoms with Crippen LogP contribution in [-0.2, 0) is 16.6 Å². The van der Waals surface area contributed by atoms with Crippen molar-refractivity contribution in [3.8, 4) is 0 Å². The van der Waals surface area contributed by atoms with Crippen molar-refractivity contribution in [1.29, 1.82) is 0 Å². The van der Waals surface area contributed by atoms with Gasteiger partial charge >= 0.3 is 0 Å². The first-order valence-electron chi connectivity index (χ1n) is 6.02. The minimum absolute atomic E-state index is 0.0360. The molecule has 2 aromatic carbocycles. The molecule has 7 heteroatoms. The van der Waals surface area contributed by atoms with Crippen molar-refractivity contribution in [2.24, 2.45) is 0 Å². The molecule has 0 radical (unpaired) electrons. The van der Waals surface area contributed by atoms with Crippen molar-refractivity contribution in [2.75, 3.05) is 4.72 Å². The summed E-state index contributed by atoms with van der Waals surface area (Å²) in [7, 11) is -3.80. The monoisotopic (exact) mass is 373 g/mol. The molecule has 0 aliphatic carbocycles. The largest absolute Gasteiger partial charge is 0.392 e. The third kappa shape index (κ3) is 3.61. The summed E-state index contributed by atoms with van der Waals surface area (Å²) in [6.45, 7) is 1.36. The van der Waals surface area contributed by atoms with Crippen LogP contribution < -0.4 is 4.72 Å². The summed E-state index contributed by atoms with van der Waals surface area (Å²) in [5.74, 6) is -0.460. The number of aliphatic hydroxyl groups is 1. The van der Waals surface area contributed by atoms with Crippen LogP contribution in [0, 0.1) is 12.7 Å². The van der Waals surface area contributed by atoms with Gasteiger partial charge in [-0.05, 0) is 58.2 Å². The number of nitrogens with one attached hydrogen (secondary N) is 1. The lowest BCUT2D eigenvalue weighted by Gasteiger charge is -2.12. The predicted octanol–water partition coefficient (Wildman–Crippen LogP) is 3.19. The second-order valence-corrected chi connectivity index (χ2v) is 7.03. The van der Waals surface area contributed by atoms with E-state index in [2.05, 4.69) is 20.7 Å². The molecule has 2 aromatic rings. The third-order valence-electron chi connectivity index (χ3n) is 2.90. The molecule has 2 N–H and O–H groups in total. The average Bonchev–Trinajstić information content (AvgIpc) is 2.44. The summed E-state index contributed by atoms with van der Waals surface area (Å²) in [4.78, 5) is 0.0360. The molecule has 0 bridgehead atoms. The van der Waals surface area contributed by atoms with Gasteiger partial charge < -0.3 is 5.11 Å². The molecular formula is C14H13BrFNO3S. The van der Waals surface area contributed by atoms with E-state index < -0.39 is 15.8 Å². The van der Waals surface area contributed by atoms with Gasteiger partial charge in [0.25, 0.3) is 10.0 Å². The first-order valence-corrected chi connectivity index (χ1v) is 8.29. The molecule has 0 atom stereocenters. The van der Waals surface area contributed by atoms with Crippen LogP contribution in [0.1, 0.15) is 11.1 Å². The van der Waals surface area contributed by atoms with Crippen molar-refractivity contribution < 1.29 is 17.9 Å². The van der Waals surface area contributed by atoms with E-state index in [0.29, 0.717) is 11.1 Å². The number of halogens is 2. The van der Waals surface area contributed by atoms with Gasteiger partial charge in [-0.3, -0.25) is 4.72 Å². The van der Waals surface area contributed by atoms with Gasteiger partial charge in [-0.15, -0.1) is 0 Å². The highest BCUT2D eigenvalue weighted by molar-refractivity contribution is 9.10. The Morgan fingerprint density at radius 1 is 1.29 bits per heavy atom. The number of aryl methyl sites for hydroxylation is 1. The molecule has 0 spiro atoms. The number of benzene rings is 2. The molecule has 0 fully saturated rings. The zero-order chi connectivity index (χ0) is 15.6. The Bertz CT molecular complexity index is 778. The maximum Gasteiger partial charge on any atom is 0.261 e. The van der Waals surface area contributed by atoms with Gasteiger partial charge in [0.2, 0.25) is 0 Å². The zero-order valence-electron chi connectivity index (χ0n) is 11.1. The number of sulfonamides is 1. The van der Waals surface area contributed by atoms with Crippen LogP contribution in [0.25, 0.3) is 0 Å². The van der Waals surface area contributed by atoms with Crippen LogP contribution >= 0.6 is 15.9 Å². The van der Waals surface area contributed by atoms with Crippen LogP contribution in [0.15, 0.2) is 45.8 Å². The topological polar surface area (TPSA) is 66.4 Å². The lowest BCUT2D eigenvalue weighted by atomic mass is 10.2. The summed E-state index contributed by atoms with van der Waals surface area (Å²) < 4.78 is 40.6. The second-order valence-electron chi connectivity index (χ2n) is 4.49. The predicted molar refractivity (Wildman–Crippen MR) is 82.0 cm³/mol. The third-order valence-corrected chi connectivity index (χ3v) is 4.87. The summed E-state index contributed by atoms with van der Waals surface area (Å²) >= 11 is 3.02. The fourth-order valence-electron chi connectivity index (χ4n) is 1.77. The summed E-state index contributed by atoms with van der Waals surface area (Å²) in [6, 6.07) is 8.60. The van der Waals surface area contributed by atoms with Gasteiger partial charge in [-0.1, -0.05) is 12.1 Å². The van der Waals surface area contributed by atoms with Crippen molar-refractivity contribution >= 4 is 31.6 Å². The van der Waals surface area contributed by atoms with E-state index in [-0.39, 0.29) is 21.7 Å². The number of anilines is 1. The lowest BCUT2D eigenvalue weighted by Crippen LogP contribution is -2.14. The van der Waals surface area contributed by atoms with Crippen molar-refractivity contribution in [3.63, 3.8) is 0 Å². The number of aliphatic hydroxyl groups excluding tert-OH is 1. The Hall–Kier alpha value is -1.44. The molecule has 0 heterocycles. The molecule has 0 saturated carbocycles. The molecule has 0 aliphatic rings. The molecule has 0 unspecified atom stereocenters. The van der Waals surface area contributed by atoms with E-state index in [1.807, 2.05) is 0 Å². The molecule has 0 saturated heterocycles. The minimum atomic E-state index is -3.80. The van der Waals surface area contributed by atoms with E-state index >= 15 is 0 Å². The number of hydrogen-bond donors (Lipinski definition) is 2. The highest BCUT2D eigenvalue weighted by Crippen LogP contribution is 2.26. The Morgan fingerprint density at radius 3 is 2.67 bits per heavy atom. The summed E-state index contributed by atoms with van der Waals surface area (Å²) in [5.41, 5.74) is 1.25. The molecule has 0 aromatic heterocycles. The summed E-state index contributed by atoms with van der Waals surface area (Å²) in [5, 5.41) is 9.07. The van der Waals surface area contributed by atoms with E-state index in [9.17, 15) is 12.8 Å². The van der Waals surface area contributed by atoms with Crippen LogP contribution in [-0.4, -0.2) is 13.5 Å². The fraction of sp³-hybridized carbons (Fsp3) is 0.143.